The smallest absolute Gasteiger partial charge is 0.0591 e. The van der Waals surface area contributed by atoms with Gasteiger partial charge in [0.05, 0.1) is 11.9 Å². The fourth-order valence-electron chi connectivity index (χ4n) is 1.29. The molecular formula is C12H18OS. The maximum Gasteiger partial charge on any atom is 0.0591 e. The molecule has 0 saturated carbocycles. The van der Waals surface area contributed by atoms with Gasteiger partial charge in [-0.1, -0.05) is 43.7 Å². The zero-order valence-electron chi connectivity index (χ0n) is 8.65. The van der Waals surface area contributed by atoms with Crippen LogP contribution in [-0.2, 0) is 0 Å². The number of aliphatic hydroxyl groups is 1. The fourth-order valence-corrected chi connectivity index (χ4v) is 2.49. The van der Waals surface area contributed by atoms with Gasteiger partial charge in [-0.2, -0.15) is 11.8 Å². The van der Waals surface area contributed by atoms with E-state index < -0.39 is 0 Å². The lowest BCUT2D eigenvalue weighted by molar-refractivity contribution is 0.296. The van der Waals surface area contributed by atoms with Gasteiger partial charge in [-0.25, -0.2) is 0 Å². The van der Waals surface area contributed by atoms with Crippen LogP contribution in [0.2, 0.25) is 0 Å². The average Bonchev–Trinajstić information content (AvgIpc) is 2.26. The standard InChI is InChI=1S/C12H18OS/c1-2-3-9-14-12(10-13)11-7-5-4-6-8-11/h4-8,12-13H,2-3,9-10H2,1H3. The van der Waals surface area contributed by atoms with Crippen LogP contribution in [0, 0.1) is 0 Å². The number of hydrogen-bond donors (Lipinski definition) is 1. The predicted octanol–water partition coefficient (Wildman–Crippen LogP) is 3.25. The minimum absolute atomic E-state index is 0.235. The Hall–Kier alpha value is -0.470. The summed E-state index contributed by atoms with van der Waals surface area (Å²) in [6.07, 6.45) is 2.45. The Morgan fingerprint density at radius 3 is 2.57 bits per heavy atom. The second-order valence-corrected chi connectivity index (χ2v) is 4.62. The van der Waals surface area contributed by atoms with Crippen molar-refractivity contribution in [3.8, 4) is 0 Å². The van der Waals surface area contributed by atoms with E-state index in [1.54, 1.807) is 0 Å². The zero-order chi connectivity index (χ0) is 10.2. The van der Waals surface area contributed by atoms with Crippen molar-refractivity contribution in [3.63, 3.8) is 0 Å². The van der Waals surface area contributed by atoms with Gasteiger partial charge in [0.2, 0.25) is 0 Å². The highest BCUT2D eigenvalue weighted by Crippen LogP contribution is 2.28. The number of benzene rings is 1. The largest absolute Gasteiger partial charge is 0.395 e. The van der Waals surface area contributed by atoms with Crippen molar-refractivity contribution < 1.29 is 5.11 Å². The first-order valence-electron chi connectivity index (χ1n) is 5.16. The molecule has 0 aromatic heterocycles. The summed E-state index contributed by atoms with van der Waals surface area (Å²) >= 11 is 1.85. The lowest BCUT2D eigenvalue weighted by Crippen LogP contribution is -2.00. The van der Waals surface area contributed by atoms with E-state index in [9.17, 15) is 5.11 Å². The van der Waals surface area contributed by atoms with Crippen LogP contribution in [-0.4, -0.2) is 17.5 Å². The van der Waals surface area contributed by atoms with Crippen molar-refractivity contribution in [3.05, 3.63) is 35.9 Å². The summed E-state index contributed by atoms with van der Waals surface area (Å²) in [4.78, 5) is 0. The Morgan fingerprint density at radius 1 is 1.29 bits per heavy atom. The van der Waals surface area contributed by atoms with Crippen molar-refractivity contribution in [1.82, 2.24) is 0 Å². The maximum absolute atomic E-state index is 9.26. The molecule has 1 nitrogen and oxygen atoms in total. The Labute approximate surface area is 90.5 Å². The van der Waals surface area contributed by atoms with Crippen molar-refractivity contribution in [2.45, 2.75) is 25.0 Å². The average molecular weight is 210 g/mol. The van der Waals surface area contributed by atoms with Gasteiger partial charge in [0.15, 0.2) is 0 Å². The molecule has 1 aromatic rings. The monoisotopic (exact) mass is 210 g/mol. The first-order chi connectivity index (χ1) is 6.88. The Morgan fingerprint density at radius 2 is 2.00 bits per heavy atom. The number of hydrogen-bond acceptors (Lipinski definition) is 2. The SMILES string of the molecule is CCCCSC(CO)c1ccccc1. The molecule has 0 bridgehead atoms. The molecule has 78 valence electrons. The molecule has 0 heterocycles. The maximum atomic E-state index is 9.26. The topological polar surface area (TPSA) is 20.2 Å². The van der Waals surface area contributed by atoms with Gasteiger partial charge < -0.3 is 5.11 Å². The van der Waals surface area contributed by atoms with Crippen LogP contribution in [0.25, 0.3) is 0 Å². The molecule has 0 radical (unpaired) electrons. The van der Waals surface area contributed by atoms with E-state index in [1.165, 1.54) is 18.4 Å². The van der Waals surface area contributed by atoms with Crippen LogP contribution < -0.4 is 0 Å². The third-order valence-corrected chi connectivity index (χ3v) is 3.50. The zero-order valence-corrected chi connectivity index (χ0v) is 9.46. The normalized spacial score (nSPS) is 12.7. The van der Waals surface area contributed by atoms with E-state index in [0.717, 1.165) is 5.75 Å². The quantitative estimate of drug-likeness (QED) is 0.727. The summed E-state index contributed by atoms with van der Waals surface area (Å²) in [6.45, 7) is 2.43. The van der Waals surface area contributed by atoms with E-state index >= 15 is 0 Å². The summed E-state index contributed by atoms with van der Waals surface area (Å²) in [5, 5.41) is 9.51. The van der Waals surface area contributed by atoms with Gasteiger partial charge in [-0.05, 0) is 17.7 Å². The van der Waals surface area contributed by atoms with Crippen LogP contribution >= 0.6 is 11.8 Å². The molecule has 0 aliphatic carbocycles. The third kappa shape index (κ3) is 3.72. The van der Waals surface area contributed by atoms with E-state index in [-0.39, 0.29) is 11.9 Å². The molecule has 1 N–H and O–H groups in total. The molecule has 1 aromatic carbocycles. The Kier molecular flexibility index (Phi) is 5.72. The molecule has 0 amide bonds. The first-order valence-corrected chi connectivity index (χ1v) is 6.20. The van der Waals surface area contributed by atoms with Crippen molar-refractivity contribution in [1.29, 1.82) is 0 Å². The van der Waals surface area contributed by atoms with Crippen LogP contribution in [0.5, 0.6) is 0 Å². The number of unbranched alkanes of at least 4 members (excludes halogenated alkanes) is 1. The second kappa shape index (κ2) is 6.91. The van der Waals surface area contributed by atoms with Gasteiger partial charge in [0.1, 0.15) is 0 Å². The van der Waals surface area contributed by atoms with E-state index in [4.69, 9.17) is 0 Å². The molecule has 0 saturated heterocycles. The van der Waals surface area contributed by atoms with E-state index in [1.807, 2.05) is 30.0 Å². The lowest BCUT2D eigenvalue weighted by atomic mass is 10.2. The fraction of sp³-hybridized carbons (Fsp3) is 0.500. The van der Waals surface area contributed by atoms with E-state index in [2.05, 4.69) is 19.1 Å². The molecule has 0 fully saturated rings. The molecule has 0 aliphatic rings. The molecule has 1 atom stereocenters. The van der Waals surface area contributed by atoms with Crippen LogP contribution in [0.15, 0.2) is 30.3 Å². The third-order valence-electron chi connectivity index (χ3n) is 2.15. The van der Waals surface area contributed by atoms with Crippen LogP contribution in [0.1, 0.15) is 30.6 Å². The molecule has 0 spiro atoms. The molecule has 1 rings (SSSR count). The van der Waals surface area contributed by atoms with E-state index in [0.29, 0.717) is 0 Å². The molecule has 2 heteroatoms. The first kappa shape index (κ1) is 11.6. The summed E-state index contributed by atoms with van der Waals surface area (Å²) in [5.41, 5.74) is 1.23. The molecule has 14 heavy (non-hydrogen) atoms. The highest BCUT2D eigenvalue weighted by atomic mass is 32.2. The van der Waals surface area contributed by atoms with Crippen molar-refractivity contribution >= 4 is 11.8 Å². The Balaban J connectivity index is 2.46. The van der Waals surface area contributed by atoms with Gasteiger partial charge in [0, 0.05) is 0 Å². The van der Waals surface area contributed by atoms with Crippen molar-refractivity contribution in [2.24, 2.45) is 0 Å². The van der Waals surface area contributed by atoms with Gasteiger partial charge >= 0.3 is 0 Å². The molecular weight excluding hydrogens is 192 g/mol. The van der Waals surface area contributed by atoms with Gasteiger partial charge in [-0.3, -0.25) is 0 Å². The summed E-state index contributed by atoms with van der Waals surface area (Å²) in [5.74, 6) is 1.14. The Bertz CT molecular complexity index is 235. The lowest BCUT2D eigenvalue weighted by Gasteiger charge is -2.13. The van der Waals surface area contributed by atoms with Crippen LogP contribution in [0.3, 0.4) is 0 Å². The highest BCUT2D eigenvalue weighted by molar-refractivity contribution is 7.99. The van der Waals surface area contributed by atoms with Gasteiger partial charge in [-0.15, -0.1) is 0 Å². The molecule has 1 unspecified atom stereocenters. The summed E-state index contributed by atoms with van der Waals surface area (Å²) < 4.78 is 0. The number of aliphatic hydroxyl groups excluding tert-OH is 1. The second-order valence-electron chi connectivity index (χ2n) is 3.31. The minimum atomic E-state index is 0.235. The summed E-state index contributed by atoms with van der Waals surface area (Å²) in [6, 6.07) is 10.2. The predicted molar refractivity (Wildman–Crippen MR) is 63.6 cm³/mol. The van der Waals surface area contributed by atoms with Crippen molar-refractivity contribution in [2.75, 3.05) is 12.4 Å². The van der Waals surface area contributed by atoms with Crippen LogP contribution in [0.4, 0.5) is 0 Å². The highest BCUT2D eigenvalue weighted by Gasteiger charge is 2.09. The minimum Gasteiger partial charge on any atom is -0.395 e. The molecule has 0 aliphatic heterocycles. The number of rotatable bonds is 6. The van der Waals surface area contributed by atoms with Gasteiger partial charge in [0.25, 0.3) is 0 Å². The summed E-state index contributed by atoms with van der Waals surface area (Å²) in [7, 11) is 0. The number of thioether (sulfide) groups is 1.